The van der Waals surface area contributed by atoms with Gasteiger partial charge >= 0.3 is 5.97 Å². The SMILES string of the molecule is Cc1ccc(C=CC(=O)N[C@H](Cc2ccccc2)C(=O)O)cc1. The van der Waals surface area contributed by atoms with Gasteiger partial charge in [-0.25, -0.2) is 4.79 Å². The molecule has 0 spiro atoms. The van der Waals surface area contributed by atoms with Crippen molar-refractivity contribution < 1.29 is 14.7 Å². The molecule has 1 amide bonds. The van der Waals surface area contributed by atoms with E-state index in [2.05, 4.69) is 5.32 Å². The maximum atomic E-state index is 11.9. The summed E-state index contributed by atoms with van der Waals surface area (Å²) in [7, 11) is 0. The second kappa shape index (κ2) is 7.94. The van der Waals surface area contributed by atoms with E-state index in [1.165, 1.54) is 6.08 Å². The van der Waals surface area contributed by atoms with E-state index in [1.807, 2.05) is 61.5 Å². The highest BCUT2D eigenvalue weighted by atomic mass is 16.4. The van der Waals surface area contributed by atoms with Gasteiger partial charge in [-0.3, -0.25) is 4.79 Å². The Kier molecular flexibility index (Phi) is 5.69. The van der Waals surface area contributed by atoms with Gasteiger partial charge in [-0.05, 0) is 24.1 Å². The van der Waals surface area contributed by atoms with Crippen molar-refractivity contribution in [3.05, 3.63) is 77.4 Å². The molecule has 1 atom stereocenters. The van der Waals surface area contributed by atoms with Gasteiger partial charge in [0.25, 0.3) is 0 Å². The molecule has 2 aromatic carbocycles. The van der Waals surface area contributed by atoms with Crippen LogP contribution in [0.25, 0.3) is 6.08 Å². The van der Waals surface area contributed by atoms with Crippen LogP contribution in [0, 0.1) is 6.92 Å². The van der Waals surface area contributed by atoms with Crippen molar-refractivity contribution in [2.75, 3.05) is 0 Å². The Morgan fingerprint density at radius 1 is 1.09 bits per heavy atom. The van der Waals surface area contributed by atoms with Crippen LogP contribution in [0.3, 0.4) is 0 Å². The Morgan fingerprint density at radius 2 is 1.74 bits per heavy atom. The summed E-state index contributed by atoms with van der Waals surface area (Å²) in [6, 6.07) is 16.0. The van der Waals surface area contributed by atoms with E-state index in [4.69, 9.17) is 0 Å². The van der Waals surface area contributed by atoms with Gasteiger partial charge in [-0.2, -0.15) is 0 Å². The zero-order valence-corrected chi connectivity index (χ0v) is 12.9. The fourth-order valence-corrected chi connectivity index (χ4v) is 2.12. The Hall–Kier alpha value is -2.88. The summed E-state index contributed by atoms with van der Waals surface area (Å²) in [6.07, 6.45) is 3.27. The van der Waals surface area contributed by atoms with E-state index < -0.39 is 17.9 Å². The number of carbonyl (C=O) groups excluding carboxylic acids is 1. The van der Waals surface area contributed by atoms with Gasteiger partial charge in [-0.1, -0.05) is 60.2 Å². The number of hydrogen-bond acceptors (Lipinski definition) is 2. The average Bonchev–Trinajstić information content (AvgIpc) is 2.54. The van der Waals surface area contributed by atoms with Crippen molar-refractivity contribution in [3.63, 3.8) is 0 Å². The number of nitrogens with one attached hydrogen (secondary N) is 1. The Balaban J connectivity index is 1.98. The van der Waals surface area contributed by atoms with Gasteiger partial charge in [0.05, 0.1) is 0 Å². The van der Waals surface area contributed by atoms with Crippen LogP contribution in [-0.4, -0.2) is 23.0 Å². The highest BCUT2D eigenvalue weighted by molar-refractivity contribution is 5.94. The molecule has 0 saturated heterocycles. The molecule has 0 saturated carbocycles. The summed E-state index contributed by atoms with van der Waals surface area (Å²) >= 11 is 0. The topological polar surface area (TPSA) is 66.4 Å². The first-order valence-electron chi connectivity index (χ1n) is 7.36. The number of amides is 1. The average molecular weight is 309 g/mol. The smallest absolute Gasteiger partial charge is 0.326 e. The predicted molar refractivity (Wildman–Crippen MR) is 89.9 cm³/mol. The molecule has 2 aromatic rings. The molecule has 0 aliphatic rings. The van der Waals surface area contributed by atoms with Crippen molar-refractivity contribution in [1.29, 1.82) is 0 Å². The molecule has 4 heteroatoms. The van der Waals surface area contributed by atoms with Gasteiger partial charge in [0, 0.05) is 12.5 Å². The van der Waals surface area contributed by atoms with Gasteiger partial charge in [0.1, 0.15) is 6.04 Å². The molecule has 0 aliphatic carbocycles. The first kappa shape index (κ1) is 16.5. The first-order chi connectivity index (χ1) is 11.0. The van der Waals surface area contributed by atoms with Crippen molar-refractivity contribution in [2.45, 2.75) is 19.4 Å². The monoisotopic (exact) mass is 309 g/mol. The van der Waals surface area contributed by atoms with Gasteiger partial charge < -0.3 is 10.4 Å². The zero-order valence-electron chi connectivity index (χ0n) is 12.9. The normalized spacial score (nSPS) is 12.0. The van der Waals surface area contributed by atoms with Gasteiger partial charge in [0.15, 0.2) is 0 Å². The molecule has 2 N–H and O–H groups in total. The third kappa shape index (κ3) is 5.43. The van der Waals surface area contributed by atoms with E-state index in [0.29, 0.717) is 0 Å². The van der Waals surface area contributed by atoms with Crippen LogP contribution in [0.2, 0.25) is 0 Å². The maximum absolute atomic E-state index is 11.9. The van der Waals surface area contributed by atoms with Crippen LogP contribution in [-0.2, 0) is 16.0 Å². The van der Waals surface area contributed by atoms with E-state index in [-0.39, 0.29) is 6.42 Å². The molecule has 0 unspecified atom stereocenters. The third-order valence-electron chi connectivity index (χ3n) is 3.40. The first-order valence-corrected chi connectivity index (χ1v) is 7.36. The van der Waals surface area contributed by atoms with E-state index in [9.17, 15) is 14.7 Å². The van der Waals surface area contributed by atoms with Crippen LogP contribution in [0.4, 0.5) is 0 Å². The number of benzene rings is 2. The summed E-state index contributed by atoms with van der Waals surface area (Å²) in [5.41, 5.74) is 2.89. The number of rotatable bonds is 6. The molecule has 118 valence electrons. The number of hydrogen-bond donors (Lipinski definition) is 2. The number of carbonyl (C=O) groups is 2. The van der Waals surface area contributed by atoms with Gasteiger partial charge in [-0.15, -0.1) is 0 Å². The lowest BCUT2D eigenvalue weighted by atomic mass is 10.1. The van der Waals surface area contributed by atoms with E-state index in [0.717, 1.165) is 16.7 Å². The number of aliphatic carboxylic acids is 1. The summed E-state index contributed by atoms with van der Waals surface area (Å²) in [4.78, 5) is 23.2. The summed E-state index contributed by atoms with van der Waals surface area (Å²) in [5, 5.41) is 11.8. The molecule has 0 aromatic heterocycles. The molecule has 0 bridgehead atoms. The third-order valence-corrected chi connectivity index (χ3v) is 3.40. The van der Waals surface area contributed by atoms with Crippen molar-refractivity contribution in [1.82, 2.24) is 5.32 Å². The second-order valence-corrected chi connectivity index (χ2v) is 5.33. The molecular weight excluding hydrogens is 290 g/mol. The molecule has 23 heavy (non-hydrogen) atoms. The standard InChI is InChI=1S/C19H19NO3/c1-14-7-9-15(10-8-14)11-12-18(21)20-17(19(22)23)13-16-5-3-2-4-6-16/h2-12,17H,13H2,1H3,(H,20,21)(H,22,23)/t17-/m1/s1. The quantitative estimate of drug-likeness (QED) is 0.806. The van der Waals surface area contributed by atoms with Crippen molar-refractivity contribution in [3.8, 4) is 0 Å². The lowest BCUT2D eigenvalue weighted by molar-refractivity contribution is -0.141. The second-order valence-electron chi connectivity index (χ2n) is 5.33. The highest BCUT2D eigenvalue weighted by Crippen LogP contribution is 2.06. The number of carboxylic acid groups (broad SMARTS) is 1. The summed E-state index contributed by atoms with van der Waals surface area (Å²) < 4.78 is 0. The van der Waals surface area contributed by atoms with E-state index in [1.54, 1.807) is 6.08 Å². The van der Waals surface area contributed by atoms with Crippen LogP contribution in [0.1, 0.15) is 16.7 Å². The van der Waals surface area contributed by atoms with Crippen LogP contribution in [0.15, 0.2) is 60.7 Å². The molecule has 2 rings (SSSR count). The highest BCUT2D eigenvalue weighted by Gasteiger charge is 2.19. The molecule has 0 aliphatic heterocycles. The molecule has 0 heterocycles. The van der Waals surface area contributed by atoms with Gasteiger partial charge in [0.2, 0.25) is 5.91 Å². The minimum Gasteiger partial charge on any atom is -0.480 e. The largest absolute Gasteiger partial charge is 0.480 e. The van der Waals surface area contributed by atoms with Crippen molar-refractivity contribution in [2.24, 2.45) is 0 Å². The predicted octanol–water partition coefficient (Wildman–Crippen LogP) is 2.82. The lowest BCUT2D eigenvalue weighted by Gasteiger charge is -2.13. The minimum atomic E-state index is -1.05. The number of aryl methyl sites for hydroxylation is 1. The fourth-order valence-electron chi connectivity index (χ4n) is 2.12. The van der Waals surface area contributed by atoms with Crippen LogP contribution in [0.5, 0.6) is 0 Å². The summed E-state index contributed by atoms with van der Waals surface area (Å²) in [5.74, 6) is -1.47. The molecule has 0 radical (unpaired) electrons. The van der Waals surface area contributed by atoms with Crippen molar-refractivity contribution >= 4 is 18.0 Å². The number of carboxylic acids is 1. The maximum Gasteiger partial charge on any atom is 0.326 e. The summed E-state index contributed by atoms with van der Waals surface area (Å²) in [6.45, 7) is 1.99. The molecular formula is C19H19NO3. The molecule has 4 nitrogen and oxygen atoms in total. The van der Waals surface area contributed by atoms with E-state index >= 15 is 0 Å². The fraction of sp³-hybridized carbons (Fsp3) is 0.158. The Morgan fingerprint density at radius 3 is 2.35 bits per heavy atom. The Bertz CT molecular complexity index is 690. The van der Waals surface area contributed by atoms with Crippen LogP contribution >= 0.6 is 0 Å². The lowest BCUT2D eigenvalue weighted by Crippen LogP contribution is -2.41. The molecule has 0 fully saturated rings. The Labute approximate surface area is 135 Å². The minimum absolute atomic E-state index is 0.250. The van der Waals surface area contributed by atoms with Crippen LogP contribution < -0.4 is 5.32 Å². The zero-order chi connectivity index (χ0) is 16.7.